The Morgan fingerprint density at radius 1 is 1.19 bits per heavy atom. The lowest BCUT2D eigenvalue weighted by Gasteiger charge is -2.60. The number of nitrogen functional groups attached to an aromatic ring is 1. The van der Waals surface area contributed by atoms with Crippen LogP contribution in [0.4, 0.5) is 11.4 Å². The summed E-state index contributed by atoms with van der Waals surface area (Å²) < 4.78 is 0. The van der Waals surface area contributed by atoms with Crippen LogP contribution in [0.3, 0.4) is 0 Å². The SMILES string of the molecule is CC12CC3CC(C1)CC(C(=O)Nc1ccccc1N)(C3)C2. The van der Waals surface area contributed by atoms with Crippen LogP contribution in [0.1, 0.15) is 45.4 Å². The van der Waals surface area contributed by atoms with Gasteiger partial charge in [-0.15, -0.1) is 0 Å². The second-order valence-electron chi connectivity index (χ2n) is 8.09. The van der Waals surface area contributed by atoms with E-state index in [1.54, 1.807) is 0 Å². The Kier molecular flexibility index (Phi) is 2.66. The third-order valence-electron chi connectivity index (χ3n) is 6.04. The Hall–Kier alpha value is -1.51. The zero-order chi connectivity index (χ0) is 14.7. The summed E-state index contributed by atoms with van der Waals surface area (Å²) in [6, 6.07) is 7.57. The average molecular weight is 284 g/mol. The summed E-state index contributed by atoms with van der Waals surface area (Å²) in [5.74, 6) is 1.73. The van der Waals surface area contributed by atoms with Gasteiger partial charge in [0.2, 0.25) is 5.91 Å². The number of para-hydroxylation sites is 2. The van der Waals surface area contributed by atoms with E-state index in [0.717, 1.165) is 36.8 Å². The topological polar surface area (TPSA) is 55.1 Å². The van der Waals surface area contributed by atoms with Crippen molar-refractivity contribution < 1.29 is 4.79 Å². The molecule has 21 heavy (non-hydrogen) atoms. The van der Waals surface area contributed by atoms with Gasteiger partial charge in [-0.3, -0.25) is 4.79 Å². The molecule has 0 radical (unpaired) electrons. The molecule has 4 saturated carbocycles. The number of hydrogen-bond acceptors (Lipinski definition) is 2. The normalized spacial score (nSPS) is 40.2. The number of benzene rings is 1. The fourth-order valence-electron chi connectivity index (χ4n) is 5.85. The van der Waals surface area contributed by atoms with Gasteiger partial charge in [-0.25, -0.2) is 0 Å². The summed E-state index contributed by atoms with van der Waals surface area (Å²) in [7, 11) is 0. The van der Waals surface area contributed by atoms with Gasteiger partial charge in [0, 0.05) is 0 Å². The predicted octanol–water partition coefficient (Wildman–Crippen LogP) is 3.81. The van der Waals surface area contributed by atoms with Crippen molar-refractivity contribution in [3.05, 3.63) is 24.3 Å². The van der Waals surface area contributed by atoms with Crippen molar-refractivity contribution in [3.8, 4) is 0 Å². The number of hydrogen-bond donors (Lipinski definition) is 2. The van der Waals surface area contributed by atoms with E-state index in [1.807, 2.05) is 24.3 Å². The smallest absolute Gasteiger partial charge is 0.230 e. The van der Waals surface area contributed by atoms with Gasteiger partial charge in [-0.05, 0) is 67.9 Å². The molecule has 4 bridgehead atoms. The van der Waals surface area contributed by atoms with E-state index in [4.69, 9.17) is 5.73 Å². The second-order valence-corrected chi connectivity index (χ2v) is 8.09. The molecule has 0 aromatic heterocycles. The highest BCUT2D eigenvalue weighted by Gasteiger charge is 2.58. The van der Waals surface area contributed by atoms with Crippen LogP contribution in [0.2, 0.25) is 0 Å². The number of carbonyl (C=O) groups excluding carboxylic acids is 1. The maximum Gasteiger partial charge on any atom is 0.230 e. The monoisotopic (exact) mass is 284 g/mol. The van der Waals surface area contributed by atoms with E-state index in [1.165, 1.54) is 19.3 Å². The van der Waals surface area contributed by atoms with Gasteiger partial charge in [0.05, 0.1) is 16.8 Å². The maximum absolute atomic E-state index is 13.0. The van der Waals surface area contributed by atoms with Crippen LogP contribution < -0.4 is 11.1 Å². The Labute approximate surface area is 126 Å². The van der Waals surface area contributed by atoms with E-state index >= 15 is 0 Å². The minimum Gasteiger partial charge on any atom is -0.397 e. The van der Waals surface area contributed by atoms with Gasteiger partial charge in [0.25, 0.3) is 0 Å². The van der Waals surface area contributed by atoms with Crippen LogP contribution in [0, 0.1) is 22.7 Å². The number of nitrogens with one attached hydrogen (secondary N) is 1. The van der Waals surface area contributed by atoms with E-state index in [9.17, 15) is 4.79 Å². The van der Waals surface area contributed by atoms with Crippen molar-refractivity contribution in [1.29, 1.82) is 0 Å². The van der Waals surface area contributed by atoms with E-state index < -0.39 is 0 Å². The first-order chi connectivity index (χ1) is 9.98. The Bertz CT molecular complexity index is 581. The molecule has 0 spiro atoms. The second kappa shape index (κ2) is 4.25. The van der Waals surface area contributed by atoms with Crippen molar-refractivity contribution in [1.82, 2.24) is 0 Å². The fraction of sp³-hybridized carbons (Fsp3) is 0.611. The number of rotatable bonds is 2. The average Bonchev–Trinajstić information content (AvgIpc) is 2.38. The predicted molar refractivity (Wildman–Crippen MR) is 84.7 cm³/mol. The molecule has 1 aromatic carbocycles. The van der Waals surface area contributed by atoms with Crippen LogP contribution in [0.15, 0.2) is 24.3 Å². The highest BCUT2D eigenvalue weighted by atomic mass is 16.2. The van der Waals surface area contributed by atoms with Gasteiger partial charge >= 0.3 is 0 Å². The minimum absolute atomic E-state index is 0.138. The highest BCUT2D eigenvalue weighted by Crippen LogP contribution is 2.65. The summed E-state index contributed by atoms with van der Waals surface area (Å²) in [5.41, 5.74) is 7.65. The third kappa shape index (κ3) is 2.05. The summed E-state index contributed by atoms with van der Waals surface area (Å²) in [4.78, 5) is 13.0. The molecule has 2 atom stereocenters. The van der Waals surface area contributed by atoms with E-state index in [2.05, 4.69) is 12.2 Å². The molecule has 0 heterocycles. The molecule has 1 aromatic rings. The molecule has 2 unspecified atom stereocenters. The first kappa shape index (κ1) is 13.2. The number of anilines is 2. The van der Waals surface area contributed by atoms with Gasteiger partial charge in [-0.2, -0.15) is 0 Å². The van der Waals surface area contributed by atoms with E-state index in [0.29, 0.717) is 11.1 Å². The molecule has 5 rings (SSSR count). The first-order valence-corrected chi connectivity index (χ1v) is 8.14. The molecule has 4 aliphatic rings. The van der Waals surface area contributed by atoms with Crippen molar-refractivity contribution in [2.24, 2.45) is 22.7 Å². The van der Waals surface area contributed by atoms with Crippen LogP contribution in [0.25, 0.3) is 0 Å². The molecule has 1 amide bonds. The lowest BCUT2D eigenvalue weighted by atomic mass is 9.44. The molecule has 3 N–H and O–H groups in total. The molecule has 112 valence electrons. The molecule has 3 nitrogen and oxygen atoms in total. The number of amides is 1. The van der Waals surface area contributed by atoms with Crippen molar-refractivity contribution in [2.75, 3.05) is 11.1 Å². The van der Waals surface area contributed by atoms with E-state index in [-0.39, 0.29) is 11.3 Å². The van der Waals surface area contributed by atoms with Gasteiger partial charge in [-0.1, -0.05) is 19.1 Å². The molecular weight excluding hydrogens is 260 g/mol. The summed E-state index contributed by atoms with van der Waals surface area (Å²) in [6.07, 6.45) is 7.22. The molecule has 3 heteroatoms. The Morgan fingerprint density at radius 3 is 2.48 bits per heavy atom. The van der Waals surface area contributed by atoms with Crippen LogP contribution in [0.5, 0.6) is 0 Å². The largest absolute Gasteiger partial charge is 0.397 e. The molecular formula is C18H24N2O. The first-order valence-electron chi connectivity index (χ1n) is 8.14. The van der Waals surface area contributed by atoms with Gasteiger partial charge < -0.3 is 11.1 Å². The zero-order valence-corrected chi connectivity index (χ0v) is 12.7. The molecule has 0 saturated heterocycles. The highest BCUT2D eigenvalue weighted by molar-refractivity contribution is 5.98. The standard InChI is InChI=1S/C18H24N2O/c1-17-7-12-6-13(8-17)10-18(9-12,11-17)16(21)20-15-5-3-2-4-14(15)19/h2-5,12-13H,6-11,19H2,1H3,(H,20,21). The van der Waals surface area contributed by atoms with Gasteiger partial charge in [0.1, 0.15) is 0 Å². The van der Waals surface area contributed by atoms with Crippen molar-refractivity contribution >= 4 is 17.3 Å². The number of nitrogens with two attached hydrogens (primary N) is 1. The van der Waals surface area contributed by atoms with Crippen LogP contribution in [-0.4, -0.2) is 5.91 Å². The molecule has 4 fully saturated rings. The molecule has 0 aliphatic heterocycles. The quantitative estimate of drug-likeness (QED) is 0.811. The lowest BCUT2D eigenvalue weighted by molar-refractivity contribution is -0.149. The van der Waals surface area contributed by atoms with Crippen LogP contribution in [-0.2, 0) is 4.79 Å². The Balaban J connectivity index is 1.61. The fourth-order valence-corrected chi connectivity index (χ4v) is 5.85. The Morgan fingerprint density at radius 2 is 1.86 bits per heavy atom. The minimum atomic E-state index is -0.138. The number of carbonyl (C=O) groups is 1. The summed E-state index contributed by atoms with van der Waals surface area (Å²) in [5, 5.41) is 3.12. The van der Waals surface area contributed by atoms with Crippen LogP contribution >= 0.6 is 0 Å². The zero-order valence-electron chi connectivity index (χ0n) is 12.7. The summed E-state index contributed by atoms with van der Waals surface area (Å²) >= 11 is 0. The lowest BCUT2D eigenvalue weighted by Crippen LogP contribution is -2.55. The van der Waals surface area contributed by atoms with Crippen molar-refractivity contribution in [2.45, 2.75) is 45.4 Å². The van der Waals surface area contributed by atoms with Crippen molar-refractivity contribution in [3.63, 3.8) is 0 Å². The maximum atomic E-state index is 13.0. The van der Waals surface area contributed by atoms with Gasteiger partial charge in [0.15, 0.2) is 0 Å². The molecule has 4 aliphatic carbocycles. The summed E-state index contributed by atoms with van der Waals surface area (Å²) in [6.45, 7) is 2.39. The third-order valence-corrected chi connectivity index (χ3v) is 6.04.